The third kappa shape index (κ3) is 6.86. The highest BCUT2D eigenvalue weighted by Gasteiger charge is 2.28. The second-order valence-electron chi connectivity index (χ2n) is 12.9. The Morgan fingerprint density at radius 2 is 1.31 bits per heavy atom. The summed E-state index contributed by atoms with van der Waals surface area (Å²) in [5.41, 5.74) is 15.0. The number of nitrogens with zero attached hydrogens (tertiary/aromatic N) is 3. The first-order valence-corrected chi connectivity index (χ1v) is 18.1. The minimum Gasteiger partial charge on any atom is -0.456 e. The number of rotatable bonds is 8. The van der Waals surface area contributed by atoms with E-state index in [1.165, 1.54) is 14.7 Å². The van der Waals surface area contributed by atoms with Gasteiger partial charge in [0.15, 0.2) is 0 Å². The molecule has 1 aliphatic carbocycles. The summed E-state index contributed by atoms with van der Waals surface area (Å²) < 4.78 is 5.75. The highest BCUT2D eigenvalue weighted by Crippen LogP contribution is 2.66. The lowest BCUT2D eigenvalue weighted by Crippen LogP contribution is -2.24. The minimum atomic E-state index is -1.46. The molecule has 5 aromatic rings. The summed E-state index contributed by atoms with van der Waals surface area (Å²) in [5, 5.41) is 4.15. The summed E-state index contributed by atoms with van der Waals surface area (Å²) >= 11 is 0. The highest BCUT2D eigenvalue weighted by atomic mass is 32.3. The van der Waals surface area contributed by atoms with E-state index in [4.69, 9.17) is 4.74 Å². The van der Waals surface area contributed by atoms with Crippen molar-refractivity contribution in [2.45, 2.75) is 49.0 Å². The molecule has 240 valence electrons. The zero-order chi connectivity index (χ0) is 33.7. The lowest BCUT2D eigenvalue weighted by molar-refractivity contribution is 0.00696. The fourth-order valence-electron chi connectivity index (χ4n) is 6.06. The molecule has 5 nitrogen and oxygen atoms in total. The molecule has 0 aliphatic heterocycles. The first kappa shape index (κ1) is 32.6. The molecule has 6 heteroatoms. The molecule has 0 saturated heterocycles. The third-order valence-electron chi connectivity index (χ3n) is 8.46. The van der Waals surface area contributed by atoms with E-state index < -0.39 is 21.6 Å². The van der Waals surface area contributed by atoms with Gasteiger partial charge in [-0.1, -0.05) is 108 Å². The van der Waals surface area contributed by atoms with Crippen LogP contribution in [0.4, 0.5) is 5.69 Å². The Labute approximate surface area is 284 Å². The molecule has 0 amide bonds. The smallest absolute Gasteiger partial charge is 0.338 e. The maximum absolute atomic E-state index is 13.3. The normalized spacial score (nSPS) is 14.6. The maximum atomic E-state index is 13.3. The minimum absolute atomic E-state index is 0.390. The van der Waals surface area contributed by atoms with Crippen LogP contribution in [0, 0.1) is 0 Å². The summed E-state index contributed by atoms with van der Waals surface area (Å²) in [6.07, 6.45) is 11.5. The van der Waals surface area contributed by atoms with E-state index in [0.717, 1.165) is 35.1 Å². The average Bonchev–Trinajstić information content (AvgIpc) is 3.12. The number of benzene rings is 5. The van der Waals surface area contributed by atoms with Crippen LogP contribution in [0.1, 0.15) is 44.0 Å². The second kappa shape index (κ2) is 13.8. The van der Waals surface area contributed by atoms with E-state index in [1.54, 1.807) is 12.1 Å². The number of azide groups is 1. The molecule has 5 aromatic carbocycles. The molecule has 0 bridgehead atoms. The molecular weight excluding hydrogens is 611 g/mol. The number of hydrogen-bond acceptors (Lipinski definition) is 3. The molecule has 1 aliphatic rings. The molecule has 0 saturated carbocycles. The predicted octanol–water partition coefficient (Wildman–Crippen LogP) is 12.7. The molecule has 0 spiro atoms. The van der Waals surface area contributed by atoms with Crippen molar-refractivity contribution in [3.63, 3.8) is 0 Å². The van der Waals surface area contributed by atoms with Crippen LogP contribution in [-0.2, 0) is 4.74 Å². The Balaban J connectivity index is 1.44. The van der Waals surface area contributed by atoms with Crippen molar-refractivity contribution >= 4 is 21.7 Å². The summed E-state index contributed by atoms with van der Waals surface area (Å²) in [6, 6.07) is 41.1. The van der Waals surface area contributed by atoms with Gasteiger partial charge in [-0.2, -0.15) is 10.0 Å². The molecule has 0 fully saturated rings. The van der Waals surface area contributed by atoms with E-state index in [-0.39, 0.29) is 0 Å². The van der Waals surface area contributed by atoms with Gasteiger partial charge in [0.25, 0.3) is 0 Å². The van der Waals surface area contributed by atoms with Crippen LogP contribution in [-0.4, -0.2) is 17.8 Å². The lowest BCUT2D eigenvalue weighted by Gasteiger charge is -2.39. The van der Waals surface area contributed by atoms with Gasteiger partial charge in [-0.25, -0.2) is 4.79 Å². The standard InChI is InChI=1S/C42H39N3O2S/c1-42(2,3)47-41(46)34-28-38(31-15-8-5-9-16-31)40(44-45-43)39(29-34)32-25-23-30(24-26-32)33-17-14-22-37(27-33)48(4,35-18-10-6-11-19-35)36-20-12-7-13-21-36/h5-6,8-12,14-29H,7,13H2,1-4H3. The molecule has 6 rings (SSSR count). The third-order valence-corrected chi connectivity index (χ3v) is 12.1. The van der Waals surface area contributed by atoms with Gasteiger partial charge in [0.2, 0.25) is 0 Å². The summed E-state index contributed by atoms with van der Waals surface area (Å²) in [4.78, 5) is 20.5. The lowest BCUT2D eigenvalue weighted by atomic mass is 9.92. The summed E-state index contributed by atoms with van der Waals surface area (Å²) in [7, 11) is -1.46. The van der Waals surface area contributed by atoms with Gasteiger partial charge in [-0.15, -0.1) is 0 Å². The fraction of sp³-hybridized carbons (Fsp3) is 0.167. The van der Waals surface area contributed by atoms with E-state index in [2.05, 4.69) is 101 Å². The van der Waals surface area contributed by atoms with Crippen LogP contribution < -0.4 is 0 Å². The van der Waals surface area contributed by atoms with E-state index in [1.807, 2.05) is 63.2 Å². The van der Waals surface area contributed by atoms with Crippen LogP contribution in [0.15, 0.2) is 159 Å². The second-order valence-corrected chi connectivity index (χ2v) is 16.2. The largest absolute Gasteiger partial charge is 0.456 e. The number of hydrogen-bond donors (Lipinski definition) is 0. The van der Waals surface area contributed by atoms with Crippen molar-refractivity contribution in [1.29, 1.82) is 0 Å². The number of esters is 1. The molecule has 0 heterocycles. The van der Waals surface area contributed by atoms with Gasteiger partial charge < -0.3 is 4.74 Å². The Hall–Kier alpha value is -5.29. The Kier molecular flexibility index (Phi) is 9.40. The SMILES string of the molecule is CC(C)(C)OC(=O)c1cc(-c2ccccc2)c(N=[N+]=[N-])c(-c2ccc(-c3cccc(S(C)(C4=CCCC=C4)c4ccccc4)c3)cc2)c1. The van der Waals surface area contributed by atoms with Crippen molar-refractivity contribution < 1.29 is 9.53 Å². The molecule has 48 heavy (non-hydrogen) atoms. The number of allylic oxidation sites excluding steroid dienone is 3. The van der Waals surface area contributed by atoms with Crippen LogP contribution in [0.25, 0.3) is 43.8 Å². The van der Waals surface area contributed by atoms with Gasteiger partial charge in [0.05, 0.1) is 11.3 Å². The molecule has 0 aromatic heterocycles. The molecule has 1 unspecified atom stereocenters. The molecular formula is C42H39N3O2S. The Morgan fingerprint density at radius 1 is 0.729 bits per heavy atom. The zero-order valence-corrected chi connectivity index (χ0v) is 28.6. The van der Waals surface area contributed by atoms with Crippen LogP contribution >= 0.6 is 10.0 Å². The first-order chi connectivity index (χ1) is 23.2. The van der Waals surface area contributed by atoms with Gasteiger partial charge in [-0.3, -0.25) is 0 Å². The highest BCUT2D eigenvalue weighted by molar-refractivity contribution is 8.36. The first-order valence-electron chi connectivity index (χ1n) is 16.1. The Bertz CT molecular complexity index is 2060. The zero-order valence-electron chi connectivity index (χ0n) is 27.8. The molecule has 1 atom stereocenters. The topological polar surface area (TPSA) is 75.1 Å². The molecule has 0 radical (unpaired) electrons. The van der Waals surface area contributed by atoms with Gasteiger partial charge in [0, 0.05) is 4.91 Å². The van der Waals surface area contributed by atoms with Crippen molar-refractivity contribution in [2.24, 2.45) is 5.11 Å². The van der Waals surface area contributed by atoms with E-state index in [9.17, 15) is 10.3 Å². The van der Waals surface area contributed by atoms with Gasteiger partial charge in [-0.05, 0) is 130 Å². The van der Waals surface area contributed by atoms with Crippen molar-refractivity contribution in [3.8, 4) is 33.4 Å². The summed E-state index contributed by atoms with van der Waals surface area (Å²) in [5.74, 6) is -0.436. The van der Waals surface area contributed by atoms with Gasteiger partial charge >= 0.3 is 5.97 Å². The Morgan fingerprint density at radius 3 is 1.92 bits per heavy atom. The average molecular weight is 650 g/mol. The van der Waals surface area contributed by atoms with Crippen LogP contribution in [0.5, 0.6) is 0 Å². The van der Waals surface area contributed by atoms with Crippen molar-refractivity contribution in [2.75, 3.05) is 6.26 Å². The predicted molar refractivity (Wildman–Crippen MR) is 200 cm³/mol. The fourth-order valence-corrected chi connectivity index (χ4v) is 9.12. The monoisotopic (exact) mass is 649 g/mol. The van der Waals surface area contributed by atoms with Crippen LogP contribution in [0.2, 0.25) is 0 Å². The maximum Gasteiger partial charge on any atom is 0.338 e. The van der Waals surface area contributed by atoms with Crippen LogP contribution in [0.3, 0.4) is 0 Å². The van der Waals surface area contributed by atoms with E-state index in [0.29, 0.717) is 22.4 Å². The van der Waals surface area contributed by atoms with Crippen molar-refractivity contribution in [3.05, 3.63) is 160 Å². The van der Waals surface area contributed by atoms with E-state index >= 15 is 0 Å². The quantitative estimate of drug-likeness (QED) is 0.0726. The number of carbonyl (C=O) groups excluding carboxylic acids is 1. The van der Waals surface area contributed by atoms with Gasteiger partial charge in [0.1, 0.15) is 5.60 Å². The summed E-state index contributed by atoms with van der Waals surface area (Å²) in [6.45, 7) is 5.54. The number of ether oxygens (including phenoxy) is 1. The van der Waals surface area contributed by atoms with Crippen molar-refractivity contribution in [1.82, 2.24) is 0 Å². The molecule has 0 N–H and O–H groups in total. The number of carbonyl (C=O) groups is 1.